The minimum atomic E-state index is -0.920. The van der Waals surface area contributed by atoms with Gasteiger partial charge in [0.1, 0.15) is 24.0 Å². The van der Waals surface area contributed by atoms with Gasteiger partial charge in [-0.15, -0.1) is 0 Å². The van der Waals surface area contributed by atoms with Gasteiger partial charge in [0.05, 0.1) is 36.3 Å². The van der Waals surface area contributed by atoms with E-state index in [1.165, 1.54) is 34.2 Å². The second-order valence-corrected chi connectivity index (χ2v) is 6.21. The number of aromatic nitrogens is 4. The van der Waals surface area contributed by atoms with Gasteiger partial charge in [0.15, 0.2) is 0 Å². The van der Waals surface area contributed by atoms with Crippen LogP contribution < -0.4 is 5.43 Å². The monoisotopic (exact) mass is 394 g/mol. The van der Waals surface area contributed by atoms with E-state index >= 15 is 0 Å². The Morgan fingerprint density at radius 2 is 2.19 bits per heavy atom. The molecular formula is C17H16ClFN4O4. The average molecular weight is 395 g/mol. The zero-order valence-corrected chi connectivity index (χ0v) is 15.1. The summed E-state index contributed by atoms with van der Waals surface area (Å²) in [5, 5.41) is 14.1. The predicted octanol–water partition coefficient (Wildman–Crippen LogP) is 1.62. The molecule has 27 heavy (non-hydrogen) atoms. The number of nitrogens with zero attached hydrogens (tertiary/aromatic N) is 4. The van der Waals surface area contributed by atoms with Crippen molar-refractivity contribution in [2.24, 2.45) is 0 Å². The van der Waals surface area contributed by atoms with Crippen LogP contribution in [0.1, 0.15) is 17.3 Å². The molecule has 0 radical (unpaired) electrons. The van der Waals surface area contributed by atoms with E-state index in [9.17, 15) is 19.1 Å². The van der Waals surface area contributed by atoms with Gasteiger partial charge in [0, 0.05) is 11.6 Å². The summed E-state index contributed by atoms with van der Waals surface area (Å²) in [4.78, 5) is 28.5. The van der Waals surface area contributed by atoms with Crippen LogP contribution in [0.15, 0.2) is 35.8 Å². The molecule has 1 aromatic carbocycles. The molecule has 0 bridgehead atoms. The van der Waals surface area contributed by atoms with Crippen molar-refractivity contribution in [3.05, 3.63) is 57.6 Å². The number of fused-ring (bicyclic) bond motifs is 1. The Kier molecular flexibility index (Phi) is 5.52. The first-order chi connectivity index (χ1) is 12.9. The maximum atomic E-state index is 13.9. The molecular weight excluding hydrogens is 379 g/mol. The average Bonchev–Trinajstić information content (AvgIpc) is 3.12. The Balaban J connectivity index is 2.08. The summed E-state index contributed by atoms with van der Waals surface area (Å²) in [6.07, 6.45) is 3.14. The first kappa shape index (κ1) is 19.0. The molecule has 0 saturated heterocycles. The van der Waals surface area contributed by atoms with E-state index < -0.39 is 23.3 Å². The Morgan fingerprint density at radius 3 is 2.85 bits per heavy atom. The third kappa shape index (κ3) is 3.99. The number of hydrogen-bond acceptors (Lipinski definition) is 6. The van der Waals surface area contributed by atoms with Crippen molar-refractivity contribution in [2.45, 2.75) is 26.1 Å². The van der Waals surface area contributed by atoms with Gasteiger partial charge in [-0.2, -0.15) is 5.10 Å². The number of aliphatic hydroxyl groups excluding tert-OH is 1. The number of carbonyl (C=O) groups excluding carboxylic acids is 1. The summed E-state index contributed by atoms with van der Waals surface area (Å²) in [5.74, 6) is -1.60. The Labute approximate surface area is 157 Å². The smallest absolute Gasteiger partial charge is 0.343 e. The molecule has 2 aromatic heterocycles. The molecule has 0 aliphatic heterocycles. The fourth-order valence-electron chi connectivity index (χ4n) is 2.72. The second kappa shape index (κ2) is 7.85. The molecule has 1 atom stereocenters. The van der Waals surface area contributed by atoms with E-state index in [-0.39, 0.29) is 41.2 Å². The van der Waals surface area contributed by atoms with Crippen LogP contribution in [0.5, 0.6) is 0 Å². The number of benzene rings is 1. The SMILES string of the molecule is CCOC(=O)c1cn(CC(O)Cn2cncn2)c2cc(Cl)c(F)cc2c1=O. The molecule has 0 spiro atoms. The Morgan fingerprint density at radius 1 is 1.41 bits per heavy atom. The third-order valence-electron chi connectivity index (χ3n) is 3.89. The lowest BCUT2D eigenvalue weighted by Crippen LogP contribution is -2.26. The first-order valence-corrected chi connectivity index (χ1v) is 8.48. The van der Waals surface area contributed by atoms with E-state index in [2.05, 4.69) is 10.1 Å². The zero-order chi connectivity index (χ0) is 19.6. The number of carbonyl (C=O) groups is 1. The lowest BCUT2D eigenvalue weighted by atomic mass is 10.1. The zero-order valence-electron chi connectivity index (χ0n) is 14.3. The van der Waals surface area contributed by atoms with Crippen molar-refractivity contribution >= 4 is 28.5 Å². The summed E-state index contributed by atoms with van der Waals surface area (Å²) in [6, 6.07) is 2.26. The van der Waals surface area contributed by atoms with Crippen LogP contribution in [0, 0.1) is 5.82 Å². The van der Waals surface area contributed by atoms with Crippen molar-refractivity contribution in [2.75, 3.05) is 6.61 Å². The number of halogens is 2. The number of esters is 1. The van der Waals surface area contributed by atoms with Crippen LogP contribution in [0.25, 0.3) is 10.9 Å². The molecule has 0 amide bonds. The minimum Gasteiger partial charge on any atom is -0.462 e. The molecule has 8 nitrogen and oxygen atoms in total. The van der Waals surface area contributed by atoms with Crippen LogP contribution in [0.3, 0.4) is 0 Å². The summed E-state index contributed by atoms with van der Waals surface area (Å²) in [6.45, 7) is 1.83. The normalized spacial score (nSPS) is 12.3. The number of hydrogen-bond donors (Lipinski definition) is 1. The lowest BCUT2D eigenvalue weighted by molar-refractivity contribution is 0.0523. The van der Waals surface area contributed by atoms with Crippen molar-refractivity contribution < 1.29 is 19.0 Å². The number of rotatable bonds is 6. The summed E-state index contributed by atoms with van der Waals surface area (Å²) in [5.41, 5.74) is -0.628. The van der Waals surface area contributed by atoms with Gasteiger partial charge in [-0.25, -0.2) is 14.2 Å². The van der Waals surface area contributed by atoms with Gasteiger partial charge in [-0.3, -0.25) is 9.48 Å². The third-order valence-corrected chi connectivity index (χ3v) is 4.18. The highest BCUT2D eigenvalue weighted by atomic mass is 35.5. The summed E-state index contributed by atoms with van der Waals surface area (Å²) < 4.78 is 21.7. The van der Waals surface area contributed by atoms with E-state index in [1.54, 1.807) is 6.92 Å². The van der Waals surface area contributed by atoms with Crippen LogP contribution in [-0.4, -0.2) is 43.1 Å². The highest BCUT2D eigenvalue weighted by Gasteiger charge is 2.19. The molecule has 0 fully saturated rings. The van der Waals surface area contributed by atoms with Crippen molar-refractivity contribution in [3.63, 3.8) is 0 Å². The van der Waals surface area contributed by atoms with Crippen LogP contribution >= 0.6 is 11.6 Å². The van der Waals surface area contributed by atoms with Crippen molar-refractivity contribution in [1.82, 2.24) is 19.3 Å². The molecule has 2 heterocycles. The Hall–Kier alpha value is -2.78. The highest BCUT2D eigenvalue weighted by molar-refractivity contribution is 6.31. The predicted molar refractivity (Wildman–Crippen MR) is 95.2 cm³/mol. The highest BCUT2D eigenvalue weighted by Crippen LogP contribution is 2.22. The van der Waals surface area contributed by atoms with Gasteiger partial charge < -0.3 is 14.4 Å². The minimum absolute atomic E-state index is 0.00497. The van der Waals surface area contributed by atoms with E-state index in [0.717, 1.165) is 6.07 Å². The topological polar surface area (TPSA) is 99.2 Å². The van der Waals surface area contributed by atoms with Crippen molar-refractivity contribution in [1.29, 1.82) is 0 Å². The molecule has 0 aliphatic carbocycles. The van der Waals surface area contributed by atoms with Gasteiger partial charge in [-0.1, -0.05) is 11.6 Å². The fraction of sp³-hybridized carbons (Fsp3) is 0.294. The maximum absolute atomic E-state index is 13.9. The van der Waals surface area contributed by atoms with Gasteiger partial charge in [0.25, 0.3) is 0 Å². The first-order valence-electron chi connectivity index (χ1n) is 8.10. The molecule has 0 aliphatic rings. The molecule has 0 saturated carbocycles. The second-order valence-electron chi connectivity index (χ2n) is 5.80. The molecule has 3 rings (SSSR count). The van der Waals surface area contributed by atoms with E-state index in [1.807, 2.05) is 0 Å². The standard InChI is InChI=1S/C17H16ClFN4O4/c1-2-27-17(26)12-7-22(5-10(24)6-23-9-20-8-21-23)15-4-13(18)14(19)3-11(15)16(12)25/h3-4,7-10,24H,2,5-6H2,1H3. The van der Waals surface area contributed by atoms with E-state index in [0.29, 0.717) is 0 Å². The van der Waals surface area contributed by atoms with Gasteiger partial charge in [0.2, 0.25) is 5.43 Å². The lowest BCUT2D eigenvalue weighted by Gasteiger charge is -2.17. The van der Waals surface area contributed by atoms with E-state index in [4.69, 9.17) is 16.3 Å². The van der Waals surface area contributed by atoms with Gasteiger partial charge in [-0.05, 0) is 19.1 Å². The molecule has 142 valence electrons. The summed E-state index contributed by atoms with van der Waals surface area (Å²) in [7, 11) is 0. The fourth-order valence-corrected chi connectivity index (χ4v) is 2.88. The van der Waals surface area contributed by atoms with Gasteiger partial charge >= 0.3 is 5.97 Å². The largest absolute Gasteiger partial charge is 0.462 e. The van der Waals surface area contributed by atoms with Crippen LogP contribution in [-0.2, 0) is 17.8 Å². The van der Waals surface area contributed by atoms with Crippen molar-refractivity contribution in [3.8, 4) is 0 Å². The quantitative estimate of drug-likeness (QED) is 0.638. The summed E-state index contributed by atoms with van der Waals surface area (Å²) >= 11 is 5.85. The molecule has 1 unspecified atom stereocenters. The maximum Gasteiger partial charge on any atom is 0.343 e. The molecule has 1 N–H and O–H groups in total. The number of aliphatic hydroxyl groups is 1. The van der Waals surface area contributed by atoms with Crippen LogP contribution in [0.2, 0.25) is 5.02 Å². The number of pyridine rings is 1. The van der Waals surface area contributed by atoms with Crippen LogP contribution in [0.4, 0.5) is 4.39 Å². The number of ether oxygens (including phenoxy) is 1. The molecule has 3 aromatic rings. The Bertz CT molecular complexity index is 1040. The molecule has 10 heteroatoms.